The maximum atomic E-state index is 6.09. The third kappa shape index (κ3) is 1.21. The van der Waals surface area contributed by atoms with Crippen LogP contribution in [0.25, 0.3) is 5.65 Å². The molecular weight excluding hydrogens is 202 g/mol. The molecule has 0 spiro atoms. The van der Waals surface area contributed by atoms with E-state index in [1.807, 2.05) is 13.8 Å². The lowest BCUT2D eigenvalue weighted by molar-refractivity contribution is 0.783. The van der Waals surface area contributed by atoms with E-state index in [0.717, 1.165) is 5.69 Å². The topological polar surface area (TPSA) is 69.1 Å². The van der Waals surface area contributed by atoms with Crippen molar-refractivity contribution in [2.45, 2.75) is 19.8 Å². The van der Waals surface area contributed by atoms with Crippen LogP contribution >= 0.6 is 11.6 Å². The summed E-state index contributed by atoms with van der Waals surface area (Å²) in [6.45, 7) is 4.02. The number of hydrogen-bond acceptors (Lipinski definition) is 4. The third-order valence-electron chi connectivity index (χ3n) is 1.96. The number of hydrogen-bond donors (Lipinski definition) is 1. The van der Waals surface area contributed by atoms with Crippen molar-refractivity contribution in [2.24, 2.45) is 0 Å². The molecule has 0 unspecified atom stereocenters. The summed E-state index contributed by atoms with van der Waals surface area (Å²) in [5.74, 6) is 0.535. The smallest absolute Gasteiger partial charge is 0.224 e. The molecule has 14 heavy (non-hydrogen) atoms. The van der Waals surface area contributed by atoms with Crippen molar-refractivity contribution in [2.75, 3.05) is 5.73 Å². The van der Waals surface area contributed by atoms with Gasteiger partial charge in [0.05, 0.1) is 5.69 Å². The molecule has 2 aromatic rings. The maximum Gasteiger partial charge on any atom is 0.224 e. The number of halogens is 1. The zero-order chi connectivity index (χ0) is 10.3. The molecule has 2 heterocycles. The Kier molecular flexibility index (Phi) is 2.03. The van der Waals surface area contributed by atoms with Gasteiger partial charge in [-0.2, -0.15) is 9.61 Å². The zero-order valence-electron chi connectivity index (χ0n) is 7.90. The Hall–Kier alpha value is -1.36. The second-order valence-electron chi connectivity index (χ2n) is 3.32. The molecule has 0 saturated carbocycles. The first-order valence-corrected chi connectivity index (χ1v) is 4.63. The van der Waals surface area contributed by atoms with Gasteiger partial charge in [0.2, 0.25) is 5.95 Å². The van der Waals surface area contributed by atoms with Gasteiger partial charge in [-0.15, -0.1) is 0 Å². The molecule has 0 amide bonds. The molecule has 0 aliphatic heterocycles. The molecule has 0 aromatic carbocycles. The monoisotopic (exact) mass is 211 g/mol. The number of nitrogen functional groups attached to an aromatic ring is 1. The van der Waals surface area contributed by atoms with Crippen LogP contribution in [0.15, 0.2) is 6.33 Å². The lowest BCUT2D eigenvalue weighted by Crippen LogP contribution is -2.02. The predicted molar refractivity (Wildman–Crippen MR) is 54.3 cm³/mol. The van der Waals surface area contributed by atoms with Gasteiger partial charge in [-0.25, -0.2) is 9.97 Å². The van der Waals surface area contributed by atoms with Gasteiger partial charge in [0.25, 0.3) is 0 Å². The van der Waals surface area contributed by atoms with E-state index in [0.29, 0.717) is 16.6 Å². The average molecular weight is 212 g/mol. The highest BCUT2D eigenvalue weighted by molar-refractivity contribution is 6.34. The Morgan fingerprint density at radius 3 is 2.71 bits per heavy atom. The van der Waals surface area contributed by atoms with E-state index in [-0.39, 0.29) is 5.92 Å². The summed E-state index contributed by atoms with van der Waals surface area (Å²) in [5.41, 5.74) is 6.98. The molecule has 2 aromatic heterocycles. The molecule has 0 saturated heterocycles. The van der Waals surface area contributed by atoms with Crippen LogP contribution in [-0.4, -0.2) is 19.6 Å². The fourth-order valence-electron chi connectivity index (χ4n) is 1.24. The summed E-state index contributed by atoms with van der Waals surface area (Å²) in [6.07, 6.45) is 1.38. The van der Waals surface area contributed by atoms with E-state index in [9.17, 15) is 0 Å². The number of aromatic nitrogens is 4. The van der Waals surface area contributed by atoms with Crippen molar-refractivity contribution in [3.8, 4) is 0 Å². The summed E-state index contributed by atoms with van der Waals surface area (Å²) in [7, 11) is 0. The number of nitrogens with two attached hydrogens (primary N) is 1. The molecule has 5 nitrogen and oxygen atoms in total. The first-order valence-electron chi connectivity index (χ1n) is 4.26. The summed E-state index contributed by atoms with van der Waals surface area (Å²) < 4.78 is 1.46. The standard InChI is InChI=1S/C8H10ClN5/c1-4(2)6-5(9)7-11-3-12-8(10)14(7)13-6/h3-4H,1-2H3,(H2,10,11,12). The van der Waals surface area contributed by atoms with Crippen molar-refractivity contribution in [1.29, 1.82) is 0 Å². The van der Waals surface area contributed by atoms with Crippen LogP contribution in [0.4, 0.5) is 5.95 Å². The molecular formula is C8H10ClN5. The van der Waals surface area contributed by atoms with Gasteiger partial charge in [-0.1, -0.05) is 25.4 Å². The van der Waals surface area contributed by atoms with Crippen LogP contribution in [0.3, 0.4) is 0 Å². The third-order valence-corrected chi connectivity index (χ3v) is 2.33. The Labute approximate surface area is 85.9 Å². The largest absolute Gasteiger partial charge is 0.368 e. The van der Waals surface area contributed by atoms with E-state index in [4.69, 9.17) is 17.3 Å². The van der Waals surface area contributed by atoms with Gasteiger partial charge in [0.15, 0.2) is 5.65 Å². The molecule has 74 valence electrons. The molecule has 2 N–H and O–H groups in total. The summed E-state index contributed by atoms with van der Waals surface area (Å²) in [5, 5.41) is 4.80. The highest BCUT2D eigenvalue weighted by atomic mass is 35.5. The van der Waals surface area contributed by atoms with Crippen LogP contribution < -0.4 is 5.73 Å². The average Bonchev–Trinajstić information content (AvgIpc) is 2.46. The predicted octanol–water partition coefficient (Wildman–Crippen LogP) is 1.48. The normalized spacial score (nSPS) is 11.4. The van der Waals surface area contributed by atoms with Crippen molar-refractivity contribution in [3.05, 3.63) is 17.0 Å². The Bertz CT molecular complexity index is 476. The van der Waals surface area contributed by atoms with Gasteiger partial charge in [-0.3, -0.25) is 0 Å². The van der Waals surface area contributed by atoms with E-state index in [2.05, 4.69) is 15.1 Å². The minimum atomic E-state index is 0.239. The van der Waals surface area contributed by atoms with Gasteiger partial charge in [0, 0.05) is 0 Å². The second kappa shape index (κ2) is 3.09. The molecule has 0 aliphatic carbocycles. The van der Waals surface area contributed by atoms with Gasteiger partial charge < -0.3 is 5.73 Å². The Balaban J connectivity index is 2.80. The minimum Gasteiger partial charge on any atom is -0.368 e. The maximum absolute atomic E-state index is 6.09. The number of fused-ring (bicyclic) bond motifs is 1. The highest BCUT2D eigenvalue weighted by Gasteiger charge is 2.15. The van der Waals surface area contributed by atoms with E-state index in [1.165, 1.54) is 10.8 Å². The van der Waals surface area contributed by atoms with E-state index in [1.54, 1.807) is 0 Å². The van der Waals surface area contributed by atoms with Gasteiger partial charge in [-0.05, 0) is 5.92 Å². The second-order valence-corrected chi connectivity index (χ2v) is 3.70. The Morgan fingerprint density at radius 1 is 1.43 bits per heavy atom. The minimum absolute atomic E-state index is 0.239. The number of nitrogens with zero attached hydrogens (tertiary/aromatic N) is 4. The van der Waals surface area contributed by atoms with Gasteiger partial charge >= 0.3 is 0 Å². The van der Waals surface area contributed by atoms with E-state index < -0.39 is 0 Å². The van der Waals surface area contributed by atoms with Crippen LogP contribution in [0, 0.1) is 0 Å². The quantitative estimate of drug-likeness (QED) is 0.776. The van der Waals surface area contributed by atoms with Crippen molar-refractivity contribution in [3.63, 3.8) is 0 Å². The van der Waals surface area contributed by atoms with Crippen molar-refractivity contribution < 1.29 is 0 Å². The van der Waals surface area contributed by atoms with Crippen LogP contribution in [0.5, 0.6) is 0 Å². The zero-order valence-corrected chi connectivity index (χ0v) is 8.65. The van der Waals surface area contributed by atoms with E-state index >= 15 is 0 Å². The van der Waals surface area contributed by atoms with Crippen molar-refractivity contribution in [1.82, 2.24) is 19.6 Å². The lowest BCUT2D eigenvalue weighted by atomic mass is 10.1. The number of rotatable bonds is 1. The van der Waals surface area contributed by atoms with Crippen LogP contribution in [0.1, 0.15) is 25.5 Å². The molecule has 0 atom stereocenters. The number of anilines is 1. The van der Waals surface area contributed by atoms with Crippen LogP contribution in [-0.2, 0) is 0 Å². The molecule has 6 heteroatoms. The first kappa shape index (κ1) is 9.21. The molecule has 0 aliphatic rings. The fourth-order valence-corrected chi connectivity index (χ4v) is 1.63. The highest BCUT2D eigenvalue weighted by Crippen LogP contribution is 2.26. The Morgan fingerprint density at radius 2 is 2.14 bits per heavy atom. The SMILES string of the molecule is CC(C)c1nn2c(N)ncnc2c1Cl. The van der Waals surface area contributed by atoms with Crippen molar-refractivity contribution >= 4 is 23.2 Å². The summed E-state index contributed by atoms with van der Waals surface area (Å²) in [6, 6.07) is 0. The summed E-state index contributed by atoms with van der Waals surface area (Å²) >= 11 is 6.09. The molecule has 2 rings (SSSR count). The summed E-state index contributed by atoms with van der Waals surface area (Å²) in [4.78, 5) is 7.85. The van der Waals surface area contributed by atoms with Gasteiger partial charge in [0.1, 0.15) is 11.3 Å². The van der Waals surface area contributed by atoms with Crippen LogP contribution in [0.2, 0.25) is 5.02 Å². The molecule has 0 radical (unpaired) electrons. The lowest BCUT2D eigenvalue weighted by Gasteiger charge is -1.97. The first-order chi connectivity index (χ1) is 6.61. The fraction of sp³-hybridized carbons (Fsp3) is 0.375. The molecule has 0 fully saturated rings. The molecule has 0 bridgehead atoms.